The normalized spacial score (nSPS) is 13.1. The highest BCUT2D eigenvalue weighted by Gasteiger charge is 2.07. The van der Waals surface area contributed by atoms with Crippen LogP contribution in [0, 0.1) is 0 Å². The smallest absolute Gasteiger partial charge is 0.0320 e. The van der Waals surface area contributed by atoms with Gasteiger partial charge in [0.15, 0.2) is 0 Å². The molecule has 0 bridgehead atoms. The first-order valence-corrected chi connectivity index (χ1v) is 6.28. The Morgan fingerprint density at radius 1 is 1.25 bits per heavy atom. The molecule has 1 unspecified atom stereocenters. The maximum Gasteiger partial charge on any atom is 0.0320 e. The lowest BCUT2D eigenvalue weighted by atomic mass is 10.0. The molecule has 0 aliphatic carbocycles. The lowest BCUT2D eigenvalue weighted by Gasteiger charge is -2.18. The summed E-state index contributed by atoms with van der Waals surface area (Å²) in [6, 6.07) is 11.2. The average molecular weight is 217 g/mol. The van der Waals surface area contributed by atoms with Crippen molar-refractivity contribution in [1.29, 1.82) is 0 Å². The molecule has 1 aromatic rings. The minimum absolute atomic E-state index is 0.511. The van der Waals surface area contributed by atoms with Crippen molar-refractivity contribution in [3.05, 3.63) is 48.0 Å². The van der Waals surface area contributed by atoms with E-state index < -0.39 is 0 Å². The van der Waals surface area contributed by atoms with Crippen LogP contribution in [-0.2, 0) is 0 Å². The van der Waals surface area contributed by atoms with Gasteiger partial charge in [0, 0.05) is 6.04 Å². The summed E-state index contributed by atoms with van der Waals surface area (Å²) >= 11 is 0. The molecule has 0 spiro atoms. The highest BCUT2D eigenvalue weighted by Crippen LogP contribution is 2.17. The Balaban J connectivity index is 2.47. The summed E-state index contributed by atoms with van der Waals surface area (Å²) in [5, 5.41) is 3.62. The van der Waals surface area contributed by atoms with E-state index in [1.807, 2.05) is 0 Å². The second-order valence-electron chi connectivity index (χ2n) is 4.06. The molecule has 1 heteroatoms. The number of allylic oxidation sites excluding steroid dienone is 1. The molecule has 1 rings (SSSR count). The van der Waals surface area contributed by atoms with E-state index in [1.54, 1.807) is 0 Å². The molecule has 1 N–H and O–H groups in total. The van der Waals surface area contributed by atoms with Gasteiger partial charge < -0.3 is 5.32 Å². The summed E-state index contributed by atoms with van der Waals surface area (Å²) in [5.74, 6) is 0. The van der Waals surface area contributed by atoms with Gasteiger partial charge >= 0.3 is 0 Å². The molecular weight excluding hydrogens is 194 g/mol. The fourth-order valence-corrected chi connectivity index (χ4v) is 1.87. The van der Waals surface area contributed by atoms with Gasteiger partial charge in [-0.25, -0.2) is 0 Å². The van der Waals surface area contributed by atoms with Crippen LogP contribution in [0.4, 0.5) is 0 Å². The number of hydrogen-bond acceptors (Lipinski definition) is 1. The van der Waals surface area contributed by atoms with Gasteiger partial charge in [-0.15, -0.1) is 0 Å². The molecule has 1 nitrogen and oxygen atoms in total. The zero-order valence-corrected chi connectivity index (χ0v) is 10.4. The van der Waals surface area contributed by atoms with E-state index in [9.17, 15) is 0 Å². The zero-order valence-electron chi connectivity index (χ0n) is 10.4. The molecule has 1 atom stereocenters. The predicted octanol–water partition coefficient (Wildman–Crippen LogP) is 4.08. The van der Waals surface area contributed by atoms with Crippen LogP contribution in [0.25, 0.3) is 0 Å². The third-order valence-electron chi connectivity index (χ3n) is 2.72. The number of rotatable bonds is 7. The quantitative estimate of drug-likeness (QED) is 0.536. The Hall–Kier alpha value is -1.08. The monoisotopic (exact) mass is 217 g/mol. The first-order chi connectivity index (χ1) is 7.88. The van der Waals surface area contributed by atoms with Gasteiger partial charge in [-0.1, -0.05) is 55.8 Å². The Kier molecular flexibility index (Phi) is 6.59. The van der Waals surface area contributed by atoms with Crippen molar-refractivity contribution in [1.82, 2.24) is 5.32 Å². The van der Waals surface area contributed by atoms with Crippen LogP contribution in [0.5, 0.6) is 0 Å². The Bertz CT molecular complexity index is 290. The van der Waals surface area contributed by atoms with E-state index in [0.717, 1.165) is 13.0 Å². The SMILES string of the molecule is C/C=C/CCNC(CCC)c1ccccc1. The molecule has 0 radical (unpaired) electrons. The minimum atomic E-state index is 0.511. The van der Waals surface area contributed by atoms with Crippen molar-refractivity contribution in [2.24, 2.45) is 0 Å². The van der Waals surface area contributed by atoms with Crippen LogP contribution in [0.1, 0.15) is 44.7 Å². The van der Waals surface area contributed by atoms with E-state index in [4.69, 9.17) is 0 Å². The minimum Gasteiger partial charge on any atom is -0.310 e. The van der Waals surface area contributed by atoms with Crippen LogP contribution >= 0.6 is 0 Å². The van der Waals surface area contributed by atoms with Crippen molar-refractivity contribution in [3.63, 3.8) is 0 Å². The summed E-state index contributed by atoms with van der Waals surface area (Å²) in [6.07, 6.45) is 7.86. The van der Waals surface area contributed by atoms with Gasteiger partial charge in [0.25, 0.3) is 0 Å². The molecule has 0 heterocycles. The fourth-order valence-electron chi connectivity index (χ4n) is 1.87. The molecule has 0 aliphatic rings. The molecule has 0 aromatic heterocycles. The molecule has 0 fully saturated rings. The molecule has 1 aromatic carbocycles. The van der Waals surface area contributed by atoms with Gasteiger partial charge in [0.1, 0.15) is 0 Å². The van der Waals surface area contributed by atoms with Crippen LogP contribution in [0.2, 0.25) is 0 Å². The highest BCUT2D eigenvalue weighted by molar-refractivity contribution is 5.18. The van der Waals surface area contributed by atoms with E-state index in [1.165, 1.54) is 18.4 Å². The lowest BCUT2D eigenvalue weighted by molar-refractivity contribution is 0.499. The largest absolute Gasteiger partial charge is 0.310 e. The van der Waals surface area contributed by atoms with Crippen LogP contribution in [-0.4, -0.2) is 6.54 Å². The fraction of sp³-hybridized carbons (Fsp3) is 0.467. The molecule has 0 amide bonds. The molecular formula is C15H23N. The van der Waals surface area contributed by atoms with Crippen molar-refractivity contribution >= 4 is 0 Å². The summed E-state index contributed by atoms with van der Waals surface area (Å²) in [7, 11) is 0. The lowest BCUT2D eigenvalue weighted by Crippen LogP contribution is -2.22. The topological polar surface area (TPSA) is 12.0 Å². The molecule has 0 saturated carbocycles. The zero-order chi connectivity index (χ0) is 11.6. The average Bonchev–Trinajstić information content (AvgIpc) is 2.34. The maximum absolute atomic E-state index is 3.62. The number of nitrogens with one attached hydrogen (secondary N) is 1. The Labute approximate surface area is 99.6 Å². The van der Waals surface area contributed by atoms with Gasteiger partial charge in [-0.05, 0) is 31.9 Å². The standard InChI is InChI=1S/C15H23N/c1-3-5-9-13-16-15(10-4-2)14-11-7-6-8-12-14/h3,5-8,11-12,15-16H,4,9-10,13H2,1-2H3/b5-3+. The highest BCUT2D eigenvalue weighted by atomic mass is 14.9. The third kappa shape index (κ3) is 4.63. The second-order valence-corrected chi connectivity index (χ2v) is 4.06. The second kappa shape index (κ2) is 8.12. The van der Waals surface area contributed by atoms with Gasteiger partial charge in [-0.2, -0.15) is 0 Å². The Morgan fingerprint density at radius 2 is 2.00 bits per heavy atom. The number of benzene rings is 1. The van der Waals surface area contributed by atoms with Crippen molar-refractivity contribution in [2.75, 3.05) is 6.54 Å². The van der Waals surface area contributed by atoms with Crippen LogP contribution in [0.3, 0.4) is 0 Å². The van der Waals surface area contributed by atoms with Crippen molar-refractivity contribution in [3.8, 4) is 0 Å². The van der Waals surface area contributed by atoms with E-state index >= 15 is 0 Å². The molecule has 16 heavy (non-hydrogen) atoms. The summed E-state index contributed by atoms with van der Waals surface area (Å²) in [5.41, 5.74) is 1.41. The van der Waals surface area contributed by atoms with E-state index in [-0.39, 0.29) is 0 Å². The summed E-state index contributed by atoms with van der Waals surface area (Å²) in [6.45, 7) is 5.37. The van der Waals surface area contributed by atoms with Crippen molar-refractivity contribution < 1.29 is 0 Å². The van der Waals surface area contributed by atoms with E-state index in [2.05, 4.69) is 61.6 Å². The van der Waals surface area contributed by atoms with Gasteiger partial charge in [-0.3, -0.25) is 0 Å². The maximum atomic E-state index is 3.62. The summed E-state index contributed by atoms with van der Waals surface area (Å²) < 4.78 is 0. The predicted molar refractivity (Wildman–Crippen MR) is 71.5 cm³/mol. The molecule has 0 saturated heterocycles. The Morgan fingerprint density at radius 3 is 2.62 bits per heavy atom. The molecule has 88 valence electrons. The molecule has 0 aliphatic heterocycles. The van der Waals surface area contributed by atoms with Crippen molar-refractivity contribution in [2.45, 2.75) is 39.2 Å². The van der Waals surface area contributed by atoms with Gasteiger partial charge in [0.2, 0.25) is 0 Å². The first kappa shape index (κ1) is 13.0. The summed E-state index contributed by atoms with van der Waals surface area (Å²) in [4.78, 5) is 0. The van der Waals surface area contributed by atoms with Crippen LogP contribution in [0.15, 0.2) is 42.5 Å². The third-order valence-corrected chi connectivity index (χ3v) is 2.72. The number of hydrogen-bond donors (Lipinski definition) is 1. The van der Waals surface area contributed by atoms with Gasteiger partial charge in [0.05, 0.1) is 0 Å². The van der Waals surface area contributed by atoms with Crippen LogP contribution < -0.4 is 5.32 Å². The van der Waals surface area contributed by atoms with E-state index in [0.29, 0.717) is 6.04 Å². The first-order valence-electron chi connectivity index (χ1n) is 6.28.